The van der Waals surface area contributed by atoms with E-state index >= 15 is 0 Å². The number of para-hydroxylation sites is 1. The summed E-state index contributed by atoms with van der Waals surface area (Å²) < 4.78 is 0. The Balaban J connectivity index is 1.82. The number of nitrogens with zero attached hydrogens (tertiary/aromatic N) is 1. The first-order valence-corrected chi connectivity index (χ1v) is 9.68. The van der Waals surface area contributed by atoms with Gasteiger partial charge in [0.05, 0.1) is 0 Å². The lowest BCUT2D eigenvalue weighted by Crippen LogP contribution is -2.37. The summed E-state index contributed by atoms with van der Waals surface area (Å²) in [5, 5.41) is 7.94. The third-order valence-electron chi connectivity index (χ3n) is 4.49. The molecule has 0 fully saturated rings. The molecule has 2 aromatic carbocycles. The van der Waals surface area contributed by atoms with Gasteiger partial charge >= 0.3 is 11.8 Å². The molecule has 0 radical (unpaired) electrons. The van der Waals surface area contributed by atoms with Crippen molar-refractivity contribution in [2.24, 2.45) is 0 Å². The van der Waals surface area contributed by atoms with Gasteiger partial charge in [0.1, 0.15) is 0 Å². The summed E-state index contributed by atoms with van der Waals surface area (Å²) in [5.74, 6) is -1.62. The van der Waals surface area contributed by atoms with E-state index in [2.05, 4.69) is 27.8 Å². The third kappa shape index (κ3) is 6.64. The Morgan fingerprint density at radius 1 is 0.897 bits per heavy atom. The molecule has 154 valence electrons. The minimum absolute atomic E-state index is 0.203. The van der Waals surface area contributed by atoms with Crippen molar-refractivity contribution in [1.82, 2.24) is 5.32 Å². The Hall–Kier alpha value is -3.35. The van der Waals surface area contributed by atoms with Crippen molar-refractivity contribution < 1.29 is 14.4 Å². The van der Waals surface area contributed by atoms with Crippen LogP contribution in [0.4, 0.5) is 17.1 Å². The topological polar surface area (TPSA) is 90.5 Å². The lowest BCUT2D eigenvalue weighted by molar-refractivity contribution is -0.136. The number of hydrogen-bond acceptors (Lipinski definition) is 4. The van der Waals surface area contributed by atoms with Gasteiger partial charge in [-0.25, -0.2) is 0 Å². The molecule has 29 heavy (non-hydrogen) atoms. The number of carbonyl (C=O) groups excluding carboxylic acids is 3. The van der Waals surface area contributed by atoms with Gasteiger partial charge in [0, 0.05) is 43.6 Å². The number of benzene rings is 2. The Bertz CT molecular complexity index is 852. The zero-order chi connectivity index (χ0) is 21.2. The van der Waals surface area contributed by atoms with Crippen LogP contribution >= 0.6 is 0 Å². The van der Waals surface area contributed by atoms with Gasteiger partial charge in [0.15, 0.2) is 0 Å². The average molecular weight is 396 g/mol. The van der Waals surface area contributed by atoms with Crippen molar-refractivity contribution in [2.45, 2.75) is 27.2 Å². The molecule has 0 spiro atoms. The van der Waals surface area contributed by atoms with Crippen LogP contribution in [0.2, 0.25) is 0 Å². The summed E-state index contributed by atoms with van der Waals surface area (Å²) in [6.45, 7) is 7.30. The molecule has 3 amide bonds. The van der Waals surface area contributed by atoms with E-state index in [1.807, 2.05) is 30.3 Å². The first-order chi connectivity index (χ1) is 13.9. The van der Waals surface area contributed by atoms with Crippen molar-refractivity contribution in [3.8, 4) is 0 Å². The molecule has 0 bridgehead atoms. The van der Waals surface area contributed by atoms with E-state index in [4.69, 9.17) is 0 Å². The summed E-state index contributed by atoms with van der Waals surface area (Å²) in [6, 6.07) is 15.2. The summed E-state index contributed by atoms with van der Waals surface area (Å²) >= 11 is 0. The number of amides is 3. The molecule has 0 aromatic heterocycles. The normalized spacial score (nSPS) is 10.2. The Morgan fingerprint density at radius 3 is 2.17 bits per heavy atom. The summed E-state index contributed by atoms with van der Waals surface area (Å²) in [4.78, 5) is 37.7. The molecule has 7 nitrogen and oxygen atoms in total. The number of nitrogens with one attached hydrogen (secondary N) is 3. The molecule has 0 aliphatic rings. The number of carbonyl (C=O) groups is 3. The van der Waals surface area contributed by atoms with E-state index in [0.717, 1.165) is 25.2 Å². The predicted molar refractivity (Wildman–Crippen MR) is 116 cm³/mol. The maximum atomic E-state index is 12.2. The van der Waals surface area contributed by atoms with E-state index in [9.17, 15) is 14.4 Å². The largest absolute Gasteiger partial charge is 0.372 e. The van der Waals surface area contributed by atoms with Crippen molar-refractivity contribution in [1.29, 1.82) is 0 Å². The van der Waals surface area contributed by atoms with Crippen molar-refractivity contribution in [2.75, 3.05) is 35.2 Å². The monoisotopic (exact) mass is 396 g/mol. The fourth-order valence-corrected chi connectivity index (χ4v) is 2.94. The Morgan fingerprint density at radius 2 is 1.55 bits per heavy atom. The first-order valence-electron chi connectivity index (χ1n) is 9.68. The van der Waals surface area contributed by atoms with Crippen LogP contribution in [0.15, 0.2) is 48.5 Å². The third-order valence-corrected chi connectivity index (χ3v) is 4.49. The van der Waals surface area contributed by atoms with Crippen LogP contribution in [0.25, 0.3) is 0 Å². The second-order valence-corrected chi connectivity index (χ2v) is 6.64. The fourth-order valence-electron chi connectivity index (χ4n) is 2.94. The highest BCUT2D eigenvalue weighted by Gasteiger charge is 2.15. The van der Waals surface area contributed by atoms with Crippen LogP contribution in [-0.2, 0) is 14.4 Å². The lowest BCUT2D eigenvalue weighted by atomic mass is 10.1. The van der Waals surface area contributed by atoms with Crippen LogP contribution < -0.4 is 20.9 Å². The number of hydrogen-bond donors (Lipinski definition) is 3. The molecule has 3 N–H and O–H groups in total. The van der Waals surface area contributed by atoms with Gasteiger partial charge in [-0.2, -0.15) is 0 Å². The number of anilines is 3. The van der Waals surface area contributed by atoms with Gasteiger partial charge in [-0.1, -0.05) is 24.3 Å². The summed E-state index contributed by atoms with van der Waals surface area (Å²) in [7, 11) is 0. The van der Waals surface area contributed by atoms with Crippen LogP contribution in [0.1, 0.15) is 25.8 Å². The summed E-state index contributed by atoms with van der Waals surface area (Å²) in [5.41, 5.74) is 2.90. The fraction of sp³-hybridized carbons (Fsp3) is 0.318. The zero-order valence-corrected chi connectivity index (χ0v) is 17.1. The molecule has 0 saturated carbocycles. The molecule has 0 aliphatic heterocycles. The van der Waals surface area contributed by atoms with E-state index in [-0.39, 0.29) is 5.91 Å². The zero-order valence-electron chi connectivity index (χ0n) is 17.1. The van der Waals surface area contributed by atoms with Crippen LogP contribution in [-0.4, -0.2) is 37.4 Å². The summed E-state index contributed by atoms with van der Waals surface area (Å²) in [6.07, 6.45) is 0.721. The van der Waals surface area contributed by atoms with Crippen molar-refractivity contribution >= 4 is 34.8 Å². The molecule has 0 heterocycles. The van der Waals surface area contributed by atoms with Crippen molar-refractivity contribution in [3.63, 3.8) is 0 Å². The Kier molecular flexibility index (Phi) is 8.21. The van der Waals surface area contributed by atoms with Gasteiger partial charge < -0.3 is 20.9 Å². The Labute approximate surface area is 171 Å². The highest BCUT2D eigenvalue weighted by atomic mass is 16.2. The molecule has 0 aliphatic carbocycles. The number of rotatable bonds is 8. The van der Waals surface area contributed by atoms with Gasteiger partial charge in [0.25, 0.3) is 0 Å². The molecule has 0 saturated heterocycles. The second-order valence-electron chi connectivity index (χ2n) is 6.64. The standard InChI is InChI=1S/C22H28N4O3/c1-4-26(18-10-6-5-7-11-18)15-9-14-23-21(28)22(29)25-20-13-8-12-19(16(20)2)24-17(3)27/h5-8,10-13H,4,9,14-15H2,1-3H3,(H,23,28)(H,24,27)(H,25,29). The molecule has 0 unspecified atom stereocenters. The lowest BCUT2D eigenvalue weighted by Gasteiger charge is -2.23. The minimum atomic E-state index is -0.733. The minimum Gasteiger partial charge on any atom is -0.372 e. The molecule has 2 aromatic rings. The molecule has 2 rings (SSSR count). The smallest absolute Gasteiger partial charge is 0.313 e. The van der Waals surface area contributed by atoms with E-state index < -0.39 is 11.8 Å². The predicted octanol–water partition coefficient (Wildman–Crippen LogP) is 2.92. The van der Waals surface area contributed by atoms with E-state index in [1.54, 1.807) is 25.1 Å². The maximum absolute atomic E-state index is 12.2. The van der Waals surface area contributed by atoms with Crippen LogP contribution in [0.5, 0.6) is 0 Å². The SMILES string of the molecule is CCN(CCCNC(=O)C(=O)Nc1cccc(NC(C)=O)c1C)c1ccccc1. The molecule has 0 atom stereocenters. The van der Waals surface area contributed by atoms with E-state index in [0.29, 0.717) is 23.5 Å². The maximum Gasteiger partial charge on any atom is 0.313 e. The van der Waals surface area contributed by atoms with Gasteiger partial charge in [-0.15, -0.1) is 0 Å². The second kappa shape index (κ2) is 10.8. The van der Waals surface area contributed by atoms with Crippen molar-refractivity contribution in [3.05, 3.63) is 54.1 Å². The molecular weight excluding hydrogens is 368 g/mol. The van der Waals surface area contributed by atoms with Crippen LogP contribution in [0.3, 0.4) is 0 Å². The highest BCUT2D eigenvalue weighted by Crippen LogP contribution is 2.23. The highest BCUT2D eigenvalue weighted by molar-refractivity contribution is 6.39. The molecule has 7 heteroatoms. The van der Waals surface area contributed by atoms with Gasteiger partial charge in [0.2, 0.25) is 5.91 Å². The van der Waals surface area contributed by atoms with Gasteiger partial charge in [-0.3, -0.25) is 14.4 Å². The quantitative estimate of drug-likeness (QED) is 0.473. The average Bonchev–Trinajstić information content (AvgIpc) is 2.71. The van der Waals surface area contributed by atoms with Crippen LogP contribution in [0, 0.1) is 6.92 Å². The molecular formula is C22H28N4O3. The van der Waals surface area contributed by atoms with E-state index in [1.165, 1.54) is 6.92 Å². The van der Waals surface area contributed by atoms with Gasteiger partial charge in [-0.05, 0) is 50.1 Å². The first kappa shape index (κ1) is 21.9.